The summed E-state index contributed by atoms with van der Waals surface area (Å²) in [7, 11) is 1.60. The summed E-state index contributed by atoms with van der Waals surface area (Å²) < 4.78 is 11.1. The van der Waals surface area contributed by atoms with Crippen LogP contribution in [0.4, 0.5) is 0 Å². The maximum Gasteiger partial charge on any atom is 0.246 e. The zero-order valence-electron chi connectivity index (χ0n) is 13.6. The third-order valence-corrected chi connectivity index (χ3v) is 4.42. The summed E-state index contributed by atoms with van der Waals surface area (Å²) in [5.74, 6) is 1.24. The van der Waals surface area contributed by atoms with E-state index in [2.05, 4.69) is 0 Å². The van der Waals surface area contributed by atoms with Crippen LogP contribution in [0, 0.1) is 0 Å². The maximum atomic E-state index is 12.1. The van der Waals surface area contributed by atoms with Crippen molar-refractivity contribution >= 4 is 33.5 Å². The van der Waals surface area contributed by atoms with Gasteiger partial charge in [0.25, 0.3) is 0 Å². The number of benzene rings is 1. The van der Waals surface area contributed by atoms with Gasteiger partial charge in [0.15, 0.2) is 11.3 Å². The van der Waals surface area contributed by atoms with Crippen LogP contribution in [-0.2, 0) is 4.79 Å². The second-order valence-electron chi connectivity index (χ2n) is 5.75. The van der Waals surface area contributed by atoms with E-state index in [4.69, 9.17) is 20.8 Å². The van der Waals surface area contributed by atoms with Gasteiger partial charge in [0.05, 0.1) is 12.1 Å². The van der Waals surface area contributed by atoms with Gasteiger partial charge in [0, 0.05) is 24.6 Å². The molecule has 1 aromatic carbocycles. The van der Waals surface area contributed by atoms with Crippen LogP contribution in [0.1, 0.15) is 25.0 Å². The van der Waals surface area contributed by atoms with E-state index in [9.17, 15) is 4.79 Å². The zero-order valence-corrected chi connectivity index (χ0v) is 14.4. The Hall–Kier alpha value is -2.20. The Morgan fingerprint density at radius 3 is 2.83 bits per heavy atom. The van der Waals surface area contributed by atoms with Crippen LogP contribution in [0.5, 0.6) is 5.75 Å². The van der Waals surface area contributed by atoms with E-state index in [1.807, 2.05) is 29.2 Å². The number of ether oxygens (including phenoxy) is 1. The highest BCUT2D eigenvalue weighted by atomic mass is 35.5. The number of hydrogen-bond acceptors (Lipinski definition) is 3. The molecule has 0 atom stereocenters. The molecule has 1 aliphatic rings. The first kappa shape index (κ1) is 16.7. The standard InChI is InChI=1S/C19H20ClNO3/c1-23-16-9-5-7-14-13-17(24-19(14)16)15(20)8-6-10-18(22)21-11-3-2-4-12-21/h5-10,13H,2-4,11-12H2,1H3. The molecule has 2 aromatic rings. The summed E-state index contributed by atoms with van der Waals surface area (Å²) in [5, 5.41) is 1.36. The molecular weight excluding hydrogens is 326 g/mol. The van der Waals surface area contributed by atoms with Gasteiger partial charge in [0.2, 0.25) is 5.91 Å². The van der Waals surface area contributed by atoms with Crippen LogP contribution in [-0.4, -0.2) is 31.0 Å². The SMILES string of the molecule is COc1cccc2cc(C(Cl)=CC=CC(=O)N3CCCCC3)oc12. The smallest absolute Gasteiger partial charge is 0.246 e. The van der Waals surface area contributed by atoms with Gasteiger partial charge in [-0.2, -0.15) is 0 Å². The Bertz CT molecular complexity index is 785. The van der Waals surface area contributed by atoms with Crippen molar-refractivity contribution in [2.75, 3.05) is 20.2 Å². The Balaban J connectivity index is 1.73. The molecular formula is C19H20ClNO3. The number of nitrogens with zero attached hydrogens (tertiary/aromatic N) is 1. The number of methoxy groups -OCH3 is 1. The third-order valence-electron chi connectivity index (χ3n) is 4.11. The summed E-state index contributed by atoms with van der Waals surface area (Å²) in [4.78, 5) is 13.9. The van der Waals surface area contributed by atoms with E-state index >= 15 is 0 Å². The lowest BCUT2D eigenvalue weighted by molar-refractivity contribution is -0.126. The van der Waals surface area contributed by atoms with Crippen molar-refractivity contribution in [2.45, 2.75) is 19.3 Å². The van der Waals surface area contributed by atoms with Crippen molar-refractivity contribution in [1.29, 1.82) is 0 Å². The lowest BCUT2D eigenvalue weighted by Crippen LogP contribution is -2.34. The van der Waals surface area contributed by atoms with E-state index in [1.54, 1.807) is 25.3 Å². The summed E-state index contributed by atoms with van der Waals surface area (Å²) in [5.41, 5.74) is 0.662. The first-order valence-electron chi connectivity index (χ1n) is 8.09. The van der Waals surface area contributed by atoms with E-state index in [0.29, 0.717) is 22.1 Å². The number of carbonyl (C=O) groups is 1. The predicted octanol–water partition coefficient (Wildman–Crippen LogP) is 4.59. The van der Waals surface area contributed by atoms with E-state index < -0.39 is 0 Å². The molecule has 1 fully saturated rings. The summed E-state index contributed by atoms with van der Waals surface area (Å²) >= 11 is 6.29. The van der Waals surface area contributed by atoms with Crippen LogP contribution in [0.25, 0.3) is 16.0 Å². The number of rotatable bonds is 4. The molecule has 1 aliphatic heterocycles. The quantitative estimate of drug-likeness (QED) is 0.601. The molecule has 0 spiro atoms. The summed E-state index contributed by atoms with van der Waals surface area (Å²) in [6.07, 6.45) is 8.26. The van der Waals surface area contributed by atoms with Crippen molar-refractivity contribution in [3.8, 4) is 5.75 Å². The molecule has 4 nitrogen and oxygen atoms in total. The van der Waals surface area contributed by atoms with Gasteiger partial charge in [-0.25, -0.2) is 0 Å². The fraction of sp³-hybridized carbons (Fsp3) is 0.316. The number of furan rings is 1. The number of halogens is 1. The molecule has 1 amide bonds. The van der Waals surface area contributed by atoms with Gasteiger partial charge in [-0.15, -0.1) is 0 Å². The number of amides is 1. The van der Waals surface area contributed by atoms with Crippen molar-refractivity contribution in [3.05, 3.63) is 48.3 Å². The number of piperidine rings is 1. The summed E-state index contributed by atoms with van der Waals surface area (Å²) in [6.45, 7) is 1.67. The monoisotopic (exact) mass is 345 g/mol. The van der Waals surface area contributed by atoms with Gasteiger partial charge in [-0.05, 0) is 37.5 Å². The molecule has 5 heteroatoms. The Labute approximate surface area is 146 Å². The fourth-order valence-corrected chi connectivity index (χ4v) is 3.00. The normalized spacial score (nSPS) is 16.1. The molecule has 0 N–H and O–H groups in total. The van der Waals surface area contributed by atoms with Crippen LogP contribution < -0.4 is 4.74 Å². The Morgan fingerprint density at radius 2 is 2.08 bits per heavy atom. The second kappa shape index (κ2) is 7.58. The first-order chi connectivity index (χ1) is 11.7. The zero-order chi connectivity index (χ0) is 16.9. The van der Waals surface area contributed by atoms with Gasteiger partial charge >= 0.3 is 0 Å². The third kappa shape index (κ3) is 3.65. The Morgan fingerprint density at radius 1 is 1.29 bits per heavy atom. The number of para-hydroxylation sites is 1. The number of carbonyl (C=O) groups excluding carboxylic acids is 1. The van der Waals surface area contributed by atoms with Crippen molar-refractivity contribution < 1.29 is 13.9 Å². The minimum absolute atomic E-state index is 0.0293. The predicted molar refractivity (Wildman–Crippen MR) is 96.2 cm³/mol. The van der Waals surface area contributed by atoms with Crippen LogP contribution >= 0.6 is 11.6 Å². The van der Waals surface area contributed by atoms with Crippen LogP contribution in [0.15, 0.2) is 46.9 Å². The van der Waals surface area contributed by atoms with Crippen molar-refractivity contribution in [1.82, 2.24) is 4.90 Å². The molecule has 0 bridgehead atoms. The lowest BCUT2D eigenvalue weighted by atomic mass is 10.1. The molecule has 0 radical (unpaired) electrons. The minimum atomic E-state index is 0.0293. The van der Waals surface area contributed by atoms with Crippen LogP contribution in [0.3, 0.4) is 0 Å². The average molecular weight is 346 g/mol. The molecule has 126 valence electrons. The minimum Gasteiger partial charge on any atom is -0.493 e. The number of hydrogen-bond donors (Lipinski definition) is 0. The maximum absolute atomic E-state index is 12.1. The number of allylic oxidation sites excluding steroid dienone is 2. The average Bonchev–Trinajstić information content (AvgIpc) is 3.06. The molecule has 1 aromatic heterocycles. The Kier molecular flexibility index (Phi) is 5.26. The first-order valence-corrected chi connectivity index (χ1v) is 8.46. The molecule has 2 heterocycles. The van der Waals surface area contributed by atoms with Gasteiger partial charge in [-0.3, -0.25) is 4.79 Å². The molecule has 1 saturated heterocycles. The van der Waals surface area contributed by atoms with Crippen molar-refractivity contribution in [2.24, 2.45) is 0 Å². The highest BCUT2D eigenvalue weighted by Gasteiger charge is 2.13. The second-order valence-corrected chi connectivity index (χ2v) is 6.16. The highest BCUT2D eigenvalue weighted by molar-refractivity contribution is 6.48. The van der Waals surface area contributed by atoms with Crippen LogP contribution in [0.2, 0.25) is 0 Å². The van der Waals surface area contributed by atoms with Gasteiger partial charge in [0.1, 0.15) is 5.76 Å². The number of fused-ring (bicyclic) bond motifs is 1. The molecule has 0 saturated carbocycles. The topological polar surface area (TPSA) is 42.7 Å². The van der Waals surface area contributed by atoms with Crippen molar-refractivity contribution in [3.63, 3.8) is 0 Å². The fourth-order valence-electron chi connectivity index (χ4n) is 2.83. The lowest BCUT2D eigenvalue weighted by Gasteiger charge is -2.25. The van der Waals surface area contributed by atoms with E-state index in [-0.39, 0.29) is 5.91 Å². The highest BCUT2D eigenvalue weighted by Crippen LogP contribution is 2.32. The molecule has 3 rings (SSSR count). The summed E-state index contributed by atoms with van der Waals surface area (Å²) in [6, 6.07) is 7.53. The van der Waals surface area contributed by atoms with E-state index in [1.165, 1.54) is 6.42 Å². The van der Waals surface area contributed by atoms with E-state index in [0.717, 1.165) is 31.3 Å². The number of likely N-dealkylation sites (tertiary alicyclic amines) is 1. The van der Waals surface area contributed by atoms with Gasteiger partial charge in [-0.1, -0.05) is 29.8 Å². The largest absolute Gasteiger partial charge is 0.493 e. The van der Waals surface area contributed by atoms with Gasteiger partial charge < -0.3 is 14.1 Å². The molecule has 0 unspecified atom stereocenters. The molecule has 24 heavy (non-hydrogen) atoms. The molecule has 0 aliphatic carbocycles.